The number of nitrogens with one attached hydrogen (secondary N) is 1. The molecule has 0 spiro atoms. The van der Waals surface area contributed by atoms with Gasteiger partial charge in [-0.15, -0.1) is 0 Å². The van der Waals surface area contributed by atoms with Crippen LogP contribution in [0.1, 0.15) is 6.92 Å². The number of carbonyl (C=O) groups excluding carboxylic acids is 1. The first-order chi connectivity index (χ1) is 5.27. The summed E-state index contributed by atoms with van der Waals surface area (Å²) < 4.78 is 2.74. The van der Waals surface area contributed by atoms with Crippen LogP contribution in [0.2, 0.25) is 0 Å². The van der Waals surface area contributed by atoms with Gasteiger partial charge >= 0.3 is 0 Å². The zero-order valence-electron chi connectivity index (χ0n) is 6.96. The van der Waals surface area contributed by atoms with Crippen LogP contribution in [-0.2, 0) is 4.79 Å². The highest BCUT2D eigenvalue weighted by Gasteiger charge is 2.30. The first-order valence-corrected chi connectivity index (χ1v) is 5.05. The Morgan fingerprint density at radius 1 is 1.73 bits per heavy atom. The third kappa shape index (κ3) is 2.10. The van der Waals surface area contributed by atoms with E-state index in [9.17, 15) is 4.79 Å². The molecule has 1 heterocycles. The number of carbonyl (C=O) groups is 1. The standard InChI is InChI=1S/C7H14N2OS/c1-3-9-4-6(5-9)7(10)8-11-2/h6H,3-5H2,1-2H3,(H,8,10). The van der Waals surface area contributed by atoms with Gasteiger partial charge in [-0.3, -0.25) is 4.79 Å². The van der Waals surface area contributed by atoms with Crippen LogP contribution in [0.15, 0.2) is 0 Å². The molecule has 0 aromatic carbocycles. The summed E-state index contributed by atoms with van der Waals surface area (Å²) in [5, 5.41) is 0. The molecule has 1 amide bonds. The molecule has 1 fully saturated rings. The summed E-state index contributed by atoms with van der Waals surface area (Å²) in [6.45, 7) is 5.04. The van der Waals surface area contributed by atoms with Crippen molar-refractivity contribution in [1.29, 1.82) is 0 Å². The van der Waals surface area contributed by atoms with Crippen molar-refractivity contribution in [1.82, 2.24) is 9.62 Å². The van der Waals surface area contributed by atoms with Gasteiger partial charge in [0.2, 0.25) is 5.91 Å². The molecule has 11 heavy (non-hydrogen) atoms. The highest BCUT2D eigenvalue weighted by atomic mass is 32.2. The monoisotopic (exact) mass is 174 g/mol. The van der Waals surface area contributed by atoms with E-state index in [0.29, 0.717) is 0 Å². The smallest absolute Gasteiger partial charge is 0.235 e. The van der Waals surface area contributed by atoms with Gasteiger partial charge in [0.15, 0.2) is 0 Å². The summed E-state index contributed by atoms with van der Waals surface area (Å²) >= 11 is 1.38. The molecule has 0 bridgehead atoms. The van der Waals surface area contributed by atoms with Crippen molar-refractivity contribution in [3.05, 3.63) is 0 Å². The Morgan fingerprint density at radius 3 is 2.82 bits per heavy atom. The van der Waals surface area contributed by atoms with E-state index in [0.717, 1.165) is 19.6 Å². The molecule has 64 valence electrons. The minimum atomic E-state index is 0.183. The molecule has 0 unspecified atom stereocenters. The number of likely N-dealkylation sites (tertiary alicyclic amines) is 1. The predicted octanol–water partition coefficient (Wildman–Crippen LogP) is 0.332. The van der Waals surface area contributed by atoms with Crippen molar-refractivity contribution < 1.29 is 4.79 Å². The van der Waals surface area contributed by atoms with Gasteiger partial charge in [-0.25, -0.2) is 0 Å². The minimum Gasteiger partial charge on any atom is -0.302 e. The summed E-state index contributed by atoms with van der Waals surface area (Å²) in [5.41, 5.74) is 0. The van der Waals surface area contributed by atoms with Gasteiger partial charge in [-0.05, 0) is 6.54 Å². The van der Waals surface area contributed by atoms with Gasteiger partial charge in [0.25, 0.3) is 0 Å². The van der Waals surface area contributed by atoms with E-state index >= 15 is 0 Å². The number of hydrogen-bond acceptors (Lipinski definition) is 3. The molecule has 0 radical (unpaired) electrons. The molecule has 0 aromatic heterocycles. The quantitative estimate of drug-likeness (QED) is 0.626. The Balaban J connectivity index is 2.16. The topological polar surface area (TPSA) is 32.3 Å². The Bertz CT molecular complexity index is 145. The first kappa shape index (κ1) is 8.87. The van der Waals surface area contributed by atoms with Crippen molar-refractivity contribution in [2.75, 3.05) is 25.9 Å². The highest BCUT2D eigenvalue weighted by molar-refractivity contribution is 7.97. The zero-order chi connectivity index (χ0) is 8.27. The Kier molecular flexibility index (Phi) is 3.20. The lowest BCUT2D eigenvalue weighted by molar-refractivity contribution is -0.127. The van der Waals surface area contributed by atoms with Gasteiger partial charge in [0.05, 0.1) is 5.92 Å². The molecule has 1 rings (SSSR count). The van der Waals surface area contributed by atoms with E-state index in [4.69, 9.17) is 0 Å². The minimum absolute atomic E-state index is 0.183. The molecule has 4 heteroatoms. The Labute approximate surface area is 71.7 Å². The largest absolute Gasteiger partial charge is 0.302 e. The SMILES string of the molecule is CCN1CC(C(=O)NSC)C1. The van der Waals surface area contributed by atoms with Crippen molar-refractivity contribution in [2.24, 2.45) is 5.92 Å². The lowest BCUT2D eigenvalue weighted by atomic mass is 10.0. The summed E-state index contributed by atoms with van der Waals surface area (Å²) in [6.07, 6.45) is 1.87. The molecule has 1 saturated heterocycles. The highest BCUT2D eigenvalue weighted by Crippen LogP contribution is 2.14. The second-order valence-corrected chi connectivity index (χ2v) is 3.33. The van der Waals surface area contributed by atoms with Crippen molar-refractivity contribution >= 4 is 17.9 Å². The fraction of sp³-hybridized carbons (Fsp3) is 0.857. The summed E-state index contributed by atoms with van der Waals surface area (Å²) in [4.78, 5) is 13.4. The molecular formula is C7H14N2OS. The van der Waals surface area contributed by atoms with Crippen LogP contribution in [0, 0.1) is 5.92 Å². The molecular weight excluding hydrogens is 160 g/mol. The number of hydrogen-bond donors (Lipinski definition) is 1. The van der Waals surface area contributed by atoms with E-state index in [-0.39, 0.29) is 11.8 Å². The lowest BCUT2D eigenvalue weighted by Gasteiger charge is -2.36. The molecule has 0 atom stereocenters. The van der Waals surface area contributed by atoms with E-state index in [1.54, 1.807) is 0 Å². The second kappa shape index (κ2) is 3.97. The van der Waals surface area contributed by atoms with Gasteiger partial charge in [0, 0.05) is 19.3 Å². The molecule has 1 aliphatic rings. The maximum absolute atomic E-state index is 11.1. The van der Waals surface area contributed by atoms with Gasteiger partial charge in [-0.1, -0.05) is 18.9 Å². The average molecular weight is 174 g/mol. The van der Waals surface area contributed by atoms with Crippen molar-refractivity contribution in [3.8, 4) is 0 Å². The van der Waals surface area contributed by atoms with Crippen LogP contribution in [0.5, 0.6) is 0 Å². The molecule has 0 aliphatic carbocycles. The first-order valence-electron chi connectivity index (χ1n) is 3.83. The Hall–Kier alpha value is -0.220. The fourth-order valence-corrected chi connectivity index (χ4v) is 1.55. The predicted molar refractivity (Wildman–Crippen MR) is 47.3 cm³/mol. The maximum Gasteiger partial charge on any atom is 0.235 e. The number of nitrogens with zero attached hydrogens (tertiary/aromatic N) is 1. The van der Waals surface area contributed by atoms with Crippen LogP contribution in [0.3, 0.4) is 0 Å². The number of amides is 1. The number of rotatable bonds is 3. The van der Waals surface area contributed by atoms with E-state index in [2.05, 4.69) is 16.5 Å². The summed E-state index contributed by atoms with van der Waals surface area (Å²) in [7, 11) is 0. The summed E-state index contributed by atoms with van der Waals surface area (Å²) in [5.74, 6) is 0.421. The zero-order valence-corrected chi connectivity index (χ0v) is 7.78. The normalized spacial score (nSPS) is 19.5. The third-order valence-corrected chi connectivity index (χ3v) is 2.38. The maximum atomic E-state index is 11.1. The van der Waals surface area contributed by atoms with E-state index in [1.807, 2.05) is 6.26 Å². The molecule has 0 aromatic rings. The second-order valence-electron chi connectivity index (χ2n) is 2.72. The average Bonchev–Trinajstić information content (AvgIpc) is 1.86. The third-order valence-electron chi connectivity index (χ3n) is 1.98. The van der Waals surface area contributed by atoms with Crippen LogP contribution >= 0.6 is 11.9 Å². The molecule has 1 aliphatic heterocycles. The molecule has 3 nitrogen and oxygen atoms in total. The van der Waals surface area contributed by atoms with Crippen LogP contribution in [0.4, 0.5) is 0 Å². The molecule has 1 N–H and O–H groups in total. The van der Waals surface area contributed by atoms with Crippen molar-refractivity contribution in [2.45, 2.75) is 6.92 Å². The fourth-order valence-electron chi connectivity index (χ4n) is 1.18. The van der Waals surface area contributed by atoms with E-state index < -0.39 is 0 Å². The van der Waals surface area contributed by atoms with Crippen LogP contribution < -0.4 is 4.72 Å². The van der Waals surface area contributed by atoms with Crippen LogP contribution in [0.25, 0.3) is 0 Å². The lowest BCUT2D eigenvalue weighted by Crippen LogP contribution is -2.52. The summed E-state index contributed by atoms with van der Waals surface area (Å²) in [6, 6.07) is 0. The van der Waals surface area contributed by atoms with Gasteiger partial charge in [0.1, 0.15) is 0 Å². The Morgan fingerprint density at radius 2 is 2.36 bits per heavy atom. The van der Waals surface area contributed by atoms with Gasteiger partial charge in [-0.2, -0.15) is 0 Å². The van der Waals surface area contributed by atoms with E-state index in [1.165, 1.54) is 11.9 Å². The van der Waals surface area contributed by atoms with Crippen LogP contribution in [-0.4, -0.2) is 36.7 Å². The molecule has 0 saturated carbocycles. The van der Waals surface area contributed by atoms with Crippen molar-refractivity contribution in [3.63, 3.8) is 0 Å². The van der Waals surface area contributed by atoms with Gasteiger partial charge < -0.3 is 9.62 Å².